The Labute approximate surface area is 217 Å². The lowest BCUT2D eigenvalue weighted by Crippen LogP contribution is -2.41. The maximum atomic E-state index is 13.5. The second-order valence-corrected chi connectivity index (χ2v) is 11.8. The van der Waals surface area contributed by atoms with Crippen molar-refractivity contribution in [3.8, 4) is 0 Å². The molecule has 1 aromatic carbocycles. The van der Waals surface area contributed by atoms with Gasteiger partial charge >= 0.3 is 0 Å². The Balaban J connectivity index is 1.60. The van der Waals surface area contributed by atoms with Crippen molar-refractivity contribution in [1.29, 1.82) is 0 Å². The molecule has 0 unspecified atom stereocenters. The highest BCUT2D eigenvalue weighted by Gasteiger charge is 2.31. The minimum atomic E-state index is -3.60. The van der Waals surface area contributed by atoms with Crippen molar-refractivity contribution in [3.63, 3.8) is 0 Å². The summed E-state index contributed by atoms with van der Waals surface area (Å²) in [4.78, 5) is 32.1. The lowest BCUT2D eigenvalue weighted by Gasteiger charge is -2.29. The molecule has 196 valence electrons. The van der Waals surface area contributed by atoms with E-state index < -0.39 is 10.0 Å². The Morgan fingerprint density at radius 2 is 1.72 bits per heavy atom. The zero-order valence-electron chi connectivity index (χ0n) is 21.1. The van der Waals surface area contributed by atoms with E-state index in [9.17, 15) is 18.0 Å². The van der Waals surface area contributed by atoms with Crippen molar-refractivity contribution < 1.29 is 22.7 Å². The van der Waals surface area contributed by atoms with Crippen LogP contribution >= 0.6 is 11.3 Å². The predicted octanol–water partition coefficient (Wildman–Crippen LogP) is 2.88. The molecule has 36 heavy (non-hydrogen) atoms. The largest absolute Gasteiger partial charge is 0.378 e. The molecule has 0 saturated carbocycles. The van der Waals surface area contributed by atoms with E-state index >= 15 is 0 Å². The molecule has 1 saturated heterocycles. The molecule has 2 aromatic rings. The van der Waals surface area contributed by atoms with Gasteiger partial charge in [-0.25, -0.2) is 8.42 Å². The normalized spacial score (nSPS) is 16.7. The van der Waals surface area contributed by atoms with Gasteiger partial charge in [-0.3, -0.25) is 14.5 Å². The van der Waals surface area contributed by atoms with Crippen molar-refractivity contribution in [3.05, 3.63) is 45.8 Å². The van der Waals surface area contributed by atoms with Crippen LogP contribution in [-0.4, -0.2) is 86.8 Å². The van der Waals surface area contributed by atoms with E-state index in [4.69, 9.17) is 4.74 Å². The molecule has 4 rings (SSSR count). The zero-order valence-corrected chi connectivity index (χ0v) is 22.7. The number of nitrogens with one attached hydrogen (secondary N) is 1. The van der Waals surface area contributed by atoms with Crippen LogP contribution in [0.3, 0.4) is 0 Å². The van der Waals surface area contributed by atoms with Gasteiger partial charge in [0.1, 0.15) is 5.00 Å². The smallest absolute Gasteiger partial charge is 0.257 e. The maximum absolute atomic E-state index is 13.5. The molecule has 1 aromatic heterocycles. The minimum absolute atomic E-state index is 0.0725. The lowest BCUT2D eigenvalue weighted by molar-refractivity contribution is 0.0303. The van der Waals surface area contributed by atoms with E-state index in [0.29, 0.717) is 55.5 Å². The second-order valence-electron chi connectivity index (χ2n) is 8.80. The van der Waals surface area contributed by atoms with Gasteiger partial charge < -0.3 is 15.0 Å². The fourth-order valence-corrected chi connectivity index (χ4v) is 7.37. The number of ether oxygens (including phenoxy) is 1. The molecule has 0 atom stereocenters. The minimum Gasteiger partial charge on any atom is -0.378 e. The van der Waals surface area contributed by atoms with Gasteiger partial charge in [-0.2, -0.15) is 4.31 Å². The highest BCUT2D eigenvalue weighted by Crippen LogP contribution is 2.38. The van der Waals surface area contributed by atoms with Crippen LogP contribution in [0.1, 0.15) is 51.9 Å². The summed E-state index contributed by atoms with van der Waals surface area (Å²) in [7, 11) is -3.60. The Morgan fingerprint density at radius 3 is 2.33 bits per heavy atom. The van der Waals surface area contributed by atoms with Gasteiger partial charge in [0.05, 0.1) is 23.7 Å². The van der Waals surface area contributed by atoms with Gasteiger partial charge in [0, 0.05) is 49.7 Å². The maximum Gasteiger partial charge on any atom is 0.257 e. The fourth-order valence-electron chi connectivity index (χ4n) is 4.63. The summed E-state index contributed by atoms with van der Waals surface area (Å²) >= 11 is 1.46. The Hall–Kier alpha value is -2.31. The summed E-state index contributed by atoms with van der Waals surface area (Å²) in [6, 6.07) is 5.95. The first-order chi connectivity index (χ1) is 17.3. The summed E-state index contributed by atoms with van der Waals surface area (Å²) in [6.45, 7) is 11.1. The van der Waals surface area contributed by atoms with E-state index in [1.54, 1.807) is 18.7 Å². The Morgan fingerprint density at radius 1 is 1.06 bits per heavy atom. The number of amides is 2. The summed E-state index contributed by atoms with van der Waals surface area (Å²) in [5.74, 6) is -0.444. The first kappa shape index (κ1) is 26.7. The predicted molar refractivity (Wildman–Crippen MR) is 140 cm³/mol. The number of likely N-dealkylation sites (N-methyl/N-ethyl adjacent to an activating group) is 1. The van der Waals surface area contributed by atoms with Gasteiger partial charge in [-0.1, -0.05) is 20.8 Å². The quantitative estimate of drug-likeness (QED) is 0.559. The molecular formula is C25H34N4O5S2. The van der Waals surface area contributed by atoms with E-state index in [0.717, 1.165) is 36.5 Å². The third kappa shape index (κ3) is 5.35. The van der Waals surface area contributed by atoms with E-state index in [1.807, 2.05) is 0 Å². The molecule has 3 heterocycles. The summed E-state index contributed by atoms with van der Waals surface area (Å²) in [6.07, 6.45) is 0.763. The molecule has 0 aliphatic carbocycles. The van der Waals surface area contributed by atoms with E-state index in [2.05, 4.69) is 17.1 Å². The first-order valence-corrected chi connectivity index (χ1v) is 14.7. The Bertz CT molecular complexity index is 1200. The number of hydrogen-bond donors (Lipinski definition) is 1. The molecule has 1 fully saturated rings. The number of hydrogen-bond acceptors (Lipinski definition) is 7. The number of carbonyl (C=O) groups excluding carboxylic acids is 2. The van der Waals surface area contributed by atoms with E-state index in [-0.39, 0.29) is 16.7 Å². The number of benzene rings is 1. The first-order valence-electron chi connectivity index (χ1n) is 12.5. The summed E-state index contributed by atoms with van der Waals surface area (Å²) in [5.41, 5.74) is 1.94. The van der Waals surface area contributed by atoms with Gasteiger partial charge in [0.25, 0.3) is 11.8 Å². The molecule has 1 N–H and O–H groups in total. The van der Waals surface area contributed by atoms with Crippen molar-refractivity contribution >= 4 is 38.2 Å². The number of carbonyl (C=O) groups is 2. The van der Waals surface area contributed by atoms with Crippen LogP contribution in [0, 0.1) is 0 Å². The standard InChI is InChI=1S/C25H34N4O5S2/c1-4-27-12-11-20-21(17-27)35-24(22(20)25(31)28-13-15-34-16-14-28)26-23(30)18-7-9-19(10-8-18)36(32,33)29(5-2)6-3/h7-10H,4-6,11-17H2,1-3H3,(H,26,30). The van der Waals surface area contributed by atoms with Crippen molar-refractivity contribution in [2.45, 2.75) is 38.6 Å². The summed E-state index contributed by atoms with van der Waals surface area (Å²) in [5, 5.41) is 3.52. The van der Waals surface area contributed by atoms with Gasteiger partial charge in [0.2, 0.25) is 10.0 Å². The highest BCUT2D eigenvalue weighted by molar-refractivity contribution is 7.89. The molecule has 0 radical (unpaired) electrons. The van der Waals surface area contributed by atoms with Crippen LogP contribution in [0.25, 0.3) is 0 Å². The van der Waals surface area contributed by atoms with Crippen molar-refractivity contribution in [2.24, 2.45) is 0 Å². The van der Waals surface area contributed by atoms with Crippen molar-refractivity contribution in [1.82, 2.24) is 14.1 Å². The summed E-state index contributed by atoms with van der Waals surface area (Å²) < 4.78 is 32.3. The van der Waals surface area contributed by atoms with Crippen LogP contribution in [-0.2, 0) is 27.7 Å². The molecule has 2 aliphatic heterocycles. The lowest BCUT2D eigenvalue weighted by atomic mass is 10.0. The number of sulfonamides is 1. The highest BCUT2D eigenvalue weighted by atomic mass is 32.2. The van der Waals surface area contributed by atoms with E-state index in [1.165, 1.54) is 39.9 Å². The molecule has 2 amide bonds. The van der Waals surface area contributed by atoms with Gasteiger partial charge in [-0.15, -0.1) is 11.3 Å². The molecule has 11 heteroatoms. The monoisotopic (exact) mass is 534 g/mol. The van der Waals surface area contributed by atoms with Crippen LogP contribution in [0.5, 0.6) is 0 Å². The van der Waals surface area contributed by atoms with Gasteiger partial charge in [-0.05, 0) is 42.8 Å². The zero-order chi connectivity index (χ0) is 25.9. The molecular weight excluding hydrogens is 500 g/mol. The van der Waals surface area contributed by atoms with Crippen LogP contribution < -0.4 is 5.32 Å². The van der Waals surface area contributed by atoms with Crippen LogP contribution in [0.15, 0.2) is 29.2 Å². The topological polar surface area (TPSA) is 99.3 Å². The average Bonchev–Trinajstić information content (AvgIpc) is 3.26. The number of nitrogens with zero attached hydrogens (tertiary/aromatic N) is 3. The fraction of sp³-hybridized carbons (Fsp3) is 0.520. The molecule has 0 bridgehead atoms. The number of fused-ring (bicyclic) bond motifs is 1. The number of morpholine rings is 1. The third-order valence-electron chi connectivity index (χ3n) is 6.78. The molecule has 9 nitrogen and oxygen atoms in total. The SMILES string of the molecule is CCN1CCc2c(sc(NC(=O)c3ccc(S(=O)(=O)N(CC)CC)cc3)c2C(=O)N2CCOCC2)C1. The van der Waals surface area contributed by atoms with Crippen LogP contribution in [0.4, 0.5) is 5.00 Å². The number of thiophene rings is 1. The second kappa shape index (κ2) is 11.4. The van der Waals surface area contributed by atoms with Gasteiger partial charge in [0.15, 0.2) is 0 Å². The Kier molecular flexibility index (Phi) is 8.46. The molecule has 0 spiro atoms. The van der Waals surface area contributed by atoms with Crippen LogP contribution in [0.2, 0.25) is 0 Å². The number of rotatable bonds is 8. The number of anilines is 1. The van der Waals surface area contributed by atoms with Crippen molar-refractivity contribution in [2.75, 3.05) is 57.8 Å². The molecule has 2 aliphatic rings. The average molecular weight is 535 g/mol. The third-order valence-corrected chi connectivity index (χ3v) is 9.98.